The Hall–Kier alpha value is -7.36. The third-order valence-electron chi connectivity index (χ3n) is 11.1. The lowest BCUT2D eigenvalue weighted by molar-refractivity contribution is 1.17. The van der Waals surface area contributed by atoms with Crippen LogP contribution >= 0.6 is 0 Å². The monoisotopic (exact) mass is 699 g/mol. The zero-order valence-electron chi connectivity index (χ0n) is 29.9. The third kappa shape index (κ3) is 5.13. The van der Waals surface area contributed by atoms with Gasteiger partial charge in [0.05, 0.1) is 16.7 Å². The summed E-state index contributed by atoms with van der Waals surface area (Å²) in [7, 11) is 0. The van der Waals surface area contributed by atoms with E-state index in [0.29, 0.717) is 0 Å². The second kappa shape index (κ2) is 12.6. The van der Waals surface area contributed by atoms with E-state index in [1.165, 1.54) is 54.6 Å². The first-order valence-corrected chi connectivity index (χ1v) is 18.7. The van der Waals surface area contributed by atoms with Crippen LogP contribution in [0.2, 0.25) is 0 Å². The first kappa shape index (κ1) is 31.2. The van der Waals surface area contributed by atoms with Crippen molar-refractivity contribution < 1.29 is 0 Å². The van der Waals surface area contributed by atoms with Crippen molar-refractivity contribution in [3.63, 3.8) is 0 Å². The zero-order valence-corrected chi connectivity index (χ0v) is 29.9. The van der Waals surface area contributed by atoms with E-state index in [4.69, 9.17) is 4.98 Å². The number of nitrogens with zero attached hydrogens (tertiary/aromatic N) is 3. The number of rotatable bonds is 5. The molecule has 0 spiro atoms. The van der Waals surface area contributed by atoms with E-state index in [2.05, 4.69) is 192 Å². The van der Waals surface area contributed by atoms with E-state index >= 15 is 0 Å². The summed E-state index contributed by atoms with van der Waals surface area (Å²) in [5.74, 6) is 0. The molecule has 0 fully saturated rings. The molecule has 3 heteroatoms. The van der Waals surface area contributed by atoms with E-state index in [1.54, 1.807) is 0 Å². The van der Waals surface area contributed by atoms with E-state index in [9.17, 15) is 0 Å². The fraction of sp³-hybridized carbons (Fsp3) is 0. The van der Waals surface area contributed by atoms with Crippen LogP contribution in [0.25, 0.3) is 104 Å². The predicted molar refractivity (Wildman–Crippen MR) is 231 cm³/mol. The minimum Gasteiger partial charge on any atom is -0.309 e. The second-order valence-corrected chi connectivity index (χ2v) is 14.2. The van der Waals surface area contributed by atoms with Crippen LogP contribution in [0.4, 0.5) is 0 Å². The highest BCUT2D eigenvalue weighted by molar-refractivity contribution is 6.21. The summed E-state index contributed by atoms with van der Waals surface area (Å²) >= 11 is 0. The molecule has 55 heavy (non-hydrogen) atoms. The number of aromatic nitrogens is 3. The third-order valence-corrected chi connectivity index (χ3v) is 11.1. The zero-order chi connectivity index (χ0) is 36.3. The van der Waals surface area contributed by atoms with Crippen LogP contribution in [0.15, 0.2) is 201 Å². The molecule has 0 aliphatic rings. The van der Waals surface area contributed by atoms with Gasteiger partial charge in [-0.05, 0) is 103 Å². The Balaban J connectivity index is 0.961. The topological polar surface area (TPSA) is 30.7 Å². The first-order valence-electron chi connectivity index (χ1n) is 18.7. The largest absolute Gasteiger partial charge is 0.309 e. The fourth-order valence-corrected chi connectivity index (χ4v) is 8.54. The lowest BCUT2D eigenvalue weighted by Gasteiger charge is -2.18. The van der Waals surface area contributed by atoms with E-state index in [1.807, 2.05) is 18.6 Å². The summed E-state index contributed by atoms with van der Waals surface area (Å²) in [5.41, 5.74) is 12.6. The van der Waals surface area contributed by atoms with Crippen molar-refractivity contribution in [1.82, 2.24) is 14.5 Å². The maximum Gasteiger partial charge on any atom is 0.0702 e. The Labute approximate surface area is 318 Å². The van der Waals surface area contributed by atoms with Gasteiger partial charge < -0.3 is 4.57 Å². The fourth-order valence-electron chi connectivity index (χ4n) is 8.54. The molecular weight excluding hydrogens is 667 g/mol. The lowest BCUT2D eigenvalue weighted by atomic mass is 9.85. The number of pyridine rings is 2. The molecule has 11 rings (SSSR count). The molecule has 3 nitrogen and oxygen atoms in total. The average molecular weight is 700 g/mol. The molecule has 11 aromatic rings. The number of benzene rings is 8. The van der Waals surface area contributed by atoms with Crippen LogP contribution in [0.3, 0.4) is 0 Å². The van der Waals surface area contributed by atoms with Gasteiger partial charge in [-0.1, -0.05) is 140 Å². The summed E-state index contributed by atoms with van der Waals surface area (Å²) in [6.45, 7) is 0. The molecule has 0 bridgehead atoms. The second-order valence-electron chi connectivity index (χ2n) is 14.2. The average Bonchev–Trinajstić information content (AvgIpc) is 3.59. The Kier molecular flexibility index (Phi) is 7.17. The molecular formula is C52H33N3. The Bertz CT molecular complexity index is 3170. The van der Waals surface area contributed by atoms with Gasteiger partial charge in [-0.15, -0.1) is 0 Å². The van der Waals surface area contributed by atoms with Crippen LogP contribution < -0.4 is 0 Å². The minimum atomic E-state index is 0.941. The van der Waals surface area contributed by atoms with Gasteiger partial charge in [-0.2, -0.15) is 0 Å². The Morgan fingerprint density at radius 2 is 0.927 bits per heavy atom. The van der Waals surface area contributed by atoms with Crippen molar-refractivity contribution in [3.05, 3.63) is 201 Å². The van der Waals surface area contributed by atoms with Crippen molar-refractivity contribution in [3.8, 4) is 50.3 Å². The summed E-state index contributed by atoms with van der Waals surface area (Å²) in [6, 6.07) is 65.6. The first-order chi connectivity index (χ1) is 27.3. The molecule has 256 valence electrons. The van der Waals surface area contributed by atoms with Crippen LogP contribution in [-0.2, 0) is 0 Å². The highest BCUT2D eigenvalue weighted by atomic mass is 15.0. The van der Waals surface area contributed by atoms with Crippen LogP contribution in [0.1, 0.15) is 0 Å². The molecule has 0 N–H and O–H groups in total. The van der Waals surface area contributed by atoms with Gasteiger partial charge in [-0.3, -0.25) is 9.97 Å². The van der Waals surface area contributed by atoms with Gasteiger partial charge >= 0.3 is 0 Å². The van der Waals surface area contributed by atoms with Gasteiger partial charge in [0, 0.05) is 46.2 Å². The van der Waals surface area contributed by atoms with Gasteiger partial charge in [-0.25, -0.2) is 0 Å². The molecule has 0 aliphatic carbocycles. The number of hydrogen-bond acceptors (Lipinski definition) is 2. The van der Waals surface area contributed by atoms with Gasteiger partial charge in [0.15, 0.2) is 0 Å². The summed E-state index contributed by atoms with van der Waals surface area (Å²) in [6.07, 6.45) is 5.82. The van der Waals surface area contributed by atoms with E-state index in [-0.39, 0.29) is 0 Å². The summed E-state index contributed by atoms with van der Waals surface area (Å²) in [5, 5.41) is 9.82. The van der Waals surface area contributed by atoms with Crippen molar-refractivity contribution in [2.75, 3.05) is 0 Å². The van der Waals surface area contributed by atoms with E-state index < -0.39 is 0 Å². The van der Waals surface area contributed by atoms with Crippen LogP contribution in [0.5, 0.6) is 0 Å². The van der Waals surface area contributed by atoms with Crippen LogP contribution in [0, 0.1) is 0 Å². The van der Waals surface area contributed by atoms with Crippen molar-refractivity contribution >= 4 is 54.1 Å². The van der Waals surface area contributed by atoms with Crippen molar-refractivity contribution in [1.29, 1.82) is 0 Å². The van der Waals surface area contributed by atoms with Crippen LogP contribution in [-0.4, -0.2) is 14.5 Å². The van der Waals surface area contributed by atoms with Gasteiger partial charge in [0.1, 0.15) is 0 Å². The number of fused-ring (bicyclic) bond motifs is 6. The number of para-hydroxylation sites is 1. The summed E-state index contributed by atoms with van der Waals surface area (Å²) < 4.78 is 2.31. The maximum absolute atomic E-state index is 4.97. The SMILES string of the molecule is c1ccc(-n2c3ccncc3c3cc(-c4ccc(-c5ccc(-c6c7ccccc7c(-c7ccc8ccccc8c7)c7ccccc67)cc5)cn4)ccc32)cc1. The molecule has 8 aromatic carbocycles. The Morgan fingerprint density at radius 3 is 1.64 bits per heavy atom. The van der Waals surface area contributed by atoms with E-state index in [0.717, 1.165) is 49.9 Å². The minimum absolute atomic E-state index is 0.941. The quantitative estimate of drug-likeness (QED) is 0.167. The normalized spacial score (nSPS) is 11.6. The van der Waals surface area contributed by atoms with Crippen molar-refractivity contribution in [2.45, 2.75) is 0 Å². The molecule has 3 heterocycles. The molecule has 0 unspecified atom stereocenters. The molecule has 0 radical (unpaired) electrons. The molecule has 0 atom stereocenters. The molecule has 3 aromatic heterocycles. The standard InChI is InChI=1S/C52H33N3/c1-2-12-41(13-3-1)55-49-27-25-38(31-46(49)47-33-53-29-28-50(47)55)48-26-24-40(32-54-48)35-18-21-36(22-19-35)51-42-14-6-8-16-44(42)52(45-17-9-7-15-43(45)51)39-23-20-34-10-4-5-11-37(34)30-39/h1-33H. The Morgan fingerprint density at radius 1 is 0.345 bits per heavy atom. The molecule has 0 aliphatic heterocycles. The lowest BCUT2D eigenvalue weighted by Crippen LogP contribution is -1.93. The smallest absolute Gasteiger partial charge is 0.0702 e. The van der Waals surface area contributed by atoms with Gasteiger partial charge in [0.2, 0.25) is 0 Å². The molecule has 0 amide bonds. The van der Waals surface area contributed by atoms with Crippen molar-refractivity contribution in [2.24, 2.45) is 0 Å². The summed E-state index contributed by atoms with van der Waals surface area (Å²) in [4.78, 5) is 9.44. The van der Waals surface area contributed by atoms with Gasteiger partial charge in [0.25, 0.3) is 0 Å². The number of hydrogen-bond donors (Lipinski definition) is 0. The highest BCUT2D eigenvalue weighted by Gasteiger charge is 2.18. The predicted octanol–water partition coefficient (Wildman–Crippen LogP) is 13.7. The maximum atomic E-state index is 4.97. The highest BCUT2D eigenvalue weighted by Crippen LogP contribution is 2.44. The molecule has 0 saturated carbocycles. The molecule has 0 saturated heterocycles.